The van der Waals surface area contributed by atoms with Crippen molar-refractivity contribution in [3.8, 4) is 17.0 Å². The van der Waals surface area contributed by atoms with Crippen molar-refractivity contribution in [1.29, 1.82) is 0 Å². The highest BCUT2D eigenvalue weighted by atomic mass is 16.5. The summed E-state index contributed by atoms with van der Waals surface area (Å²) in [6.07, 6.45) is 1.70. The zero-order valence-corrected chi connectivity index (χ0v) is 12.7. The summed E-state index contributed by atoms with van der Waals surface area (Å²) in [6.45, 7) is 1.79. The number of amides is 1. The number of methoxy groups -OCH3 is 1. The topological polar surface area (TPSA) is 95.1 Å². The lowest BCUT2D eigenvalue weighted by Gasteiger charge is -2.01. The molecule has 8 nitrogen and oxygen atoms in total. The summed E-state index contributed by atoms with van der Waals surface area (Å²) in [5.74, 6) is 1.51. The minimum Gasteiger partial charge on any atom is -0.497 e. The van der Waals surface area contributed by atoms with E-state index in [1.165, 1.54) is 4.68 Å². The standard InChI is InChI=1S/C15H15N5O3/c1-10-7-14(18-23-10)16-15(21)9-20-8-13(17-19-20)11-3-5-12(22-2)6-4-11/h3-8H,9H2,1-2H3,(H,16,18,21). The Morgan fingerprint density at radius 1 is 1.35 bits per heavy atom. The quantitative estimate of drug-likeness (QED) is 0.773. The van der Waals surface area contributed by atoms with Gasteiger partial charge in [-0.3, -0.25) is 4.79 Å². The summed E-state index contributed by atoms with van der Waals surface area (Å²) < 4.78 is 11.5. The summed E-state index contributed by atoms with van der Waals surface area (Å²) in [5, 5.41) is 14.3. The second-order valence-electron chi connectivity index (χ2n) is 4.90. The summed E-state index contributed by atoms with van der Waals surface area (Å²) in [4.78, 5) is 11.9. The Morgan fingerprint density at radius 3 is 2.78 bits per heavy atom. The van der Waals surface area contributed by atoms with Gasteiger partial charge in [0.2, 0.25) is 5.91 Å². The molecule has 2 heterocycles. The van der Waals surface area contributed by atoms with E-state index in [1.807, 2.05) is 24.3 Å². The van der Waals surface area contributed by atoms with E-state index in [0.29, 0.717) is 17.3 Å². The first kappa shape index (κ1) is 14.8. The lowest BCUT2D eigenvalue weighted by atomic mass is 10.2. The third-order valence-electron chi connectivity index (χ3n) is 3.13. The van der Waals surface area contributed by atoms with E-state index in [4.69, 9.17) is 9.26 Å². The molecule has 2 aromatic heterocycles. The third kappa shape index (κ3) is 3.54. The fourth-order valence-corrected chi connectivity index (χ4v) is 2.02. The Bertz CT molecular complexity index is 807. The Morgan fingerprint density at radius 2 is 2.13 bits per heavy atom. The van der Waals surface area contributed by atoms with Gasteiger partial charge in [0.1, 0.15) is 23.7 Å². The van der Waals surface area contributed by atoms with Gasteiger partial charge >= 0.3 is 0 Å². The minimum absolute atomic E-state index is 0.0368. The van der Waals surface area contributed by atoms with Crippen LogP contribution in [0, 0.1) is 6.92 Å². The predicted octanol–water partition coefficient (Wildman–Crippen LogP) is 1.89. The zero-order valence-electron chi connectivity index (χ0n) is 12.7. The van der Waals surface area contributed by atoms with Gasteiger partial charge in [0.25, 0.3) is 0 Å². The fraction of sp³-hybridized carbons (Fsp3) is 0.200. The molecule has 0 unspecified atom stereocenters. The first-order valence-corrected chi connectivity index (χ1v) is 6.92. The van der Waals surface area contributed by atoms with Crippen LogP contribution in [0.1, 0.15) is 5.76 Å². The molecule has 3 rings (SSSR count). The highest BCUT2D eigenvalue weighted by molar-refractivity contribution is 5.89. The van der Waals surface area contributed by atoms with Crippen molar-refractivity contribution < 1.29 is 14.1 Å². The van der Waals surface area contributed by atoms with Gasteiger partial charge in [-0.25, -0.2) is 4.68 Å². The third-order valence-corrected chi connectivity index (χ3v) is 3.13. The molecule has 0 aliphatic carbocycles. The zero-order chi connectivity index (χ0) is 16.2. The number of ether oxygens (including phenoxy) is 1. The van der Waals surface area contributed by atoms with Gasteiger partial charge in [0.15, 0.2) is 5.82 Å². The first-order chi connectivity index (χ1) is 11.1. The first-order valence-electron chi connectivity index (χ1n) is 6.92. The van der Waals surface area contributed by atoms with E-state index in [0.717, 1.165) is 11.3 Å². The monoisotopic (exact) mass is 313 g/mol. The Balaban J connectivity index is 1.65. The van der Waals surface area contributed by atoms with E-state index in [-0.39, 0.29) is 12.5 Å². The molecule has 118 valence electrons. The Kier molecular flexibility index (Phi) is 4.05. The van der Waals surface area contributed by atoms with Crippen molar-refractivity contribution in [3.05, 3.63) is 42.3 Å². The second kappa shape index (κ2) is 6.30. The van der Waals surface area contributed by atoms with Crippen LogP contribution in [0.25, 0.3) is 11.3 Å². The van der Waals surface area contributed by atoms with Gasteiger partial charge in [-0.2, -0.15) is 0 Å². The van der Waals surface area contributed by atoms with Crippen LogP contribution in [-0.4, -0.2) is 33.2 Å². The second-order valence-corrected chi connectivity index (χ2v) is 4.90. The molecule has 0 aliphatic rings. The minimum atomic E-state index is -0.260. The maximum Gasteiger partial charge on any atom is 0.247 e. The van der Waals surface area contributed by atoms with E-state index >= 15 is 0 Å². The average molecular weight is 313 g/mol. The van der Waals surface area contributed by atoms with Crippen LogP contribution in [-0.2, 0) is 11.3 Å². The van der Waals surface area contributed by atoms with E-state index < -0.39 is 0 Å². The van der Waals surface area contributed by atoms with Crippen LogP contribution >= 0.6 is 0 Å². The molecular weight excluding hydrogens is 298 g/mol. The van der Waals surface area contributed by atoms with Crippen molar-refractivity contribution in [2.24, 2.45) is 0 Å². The number of rotatable bonds is 5. The van der Waals surface area contributed by atoms with Crippen LogP contribution < -0.4 is 10.1 Å². The molecule has 1 aromatic carbocycles. The molecule has 0 saturated carbocycles. The summed E-state index contributed by atoms with van der Waals surface area (Å²) in [6, 6.07) is 9.08. The van der Waals surface area contributed by atoms with Crippen LogP contribution in [0.15, 0.2) is 41.1 Å². The Hall–Kier alpha value is -3.16. The van der Waals surface area contributed by atoms with Gasteiger partial charge in [-0.1, -0.05) is 10.4 Å². The molecule has 1 amide bonds. The largest absolute Gasteiger partial charge is 0.497 e. The van der Waals surface area contributed by atoms with Crippen LogP contribution in [0.3, 0.4) is 0 Å². The Labute approximate surface area is 132 Å². The fourth-order valence-electron chi connectivity index (χ4n) is 2.02. The summed E-state index contributed by atoms with van der Waals surface area (Å²) >= 11 is 0. The molecule has 0 spiro atoms. The number of carbonyl (C=O) groups is 1. The molecule has 3 aromatic rings. The van der Waals surface area contributed by atoms with Crippen molar-refractivity contribution >= 4 is 11.7 Å². The molecule has 0 fully saturated rings. The number of hydrogen-bond acceptors (Lipinski definition) is 6. The van der Waals surface area contributed by atoms with E-state index in [1.54, 1.807) is 26.3 Å². The SMILES string of the molecule is COc1ccc(-c2cn(CC(=O)Nc3cc(C)on3)nn2)cc1. The van der Waals surface area contributed by atoms with Crippen LogP contribution in [0.4, 0.5) is 5.82 Å². The number of nitrogens with one attached hydrogen (secondary N) is 1. The smallest absolute Gasteiger partial charge is 0.247 e. The number of anilines is 1. The van der Waals surface area contributed by atoms with Crippen molar-refractivity contribution in [2.75, 3.05) is 12.4 Å². The van der Waals surface area contributed by atoms with Gasteiger partial charge < -0.3 is 14.6 Å². The molecule has 1 N–H and O–H groups in total. The molecule has 23 heavy (non-hydrogen) atoms. The molecule has 0 radical (unpaired) electrons. The van der Waals surface area contributed by atoms with Crippen LogP contribution in [0.2, 0.25) is 0 Å². The maximum atomic E-state index is 11.9. The van der Waals surface area contributed by atoms with Crippen LogP contribution in [0.5, 0.6) is 5.75 Å². The molecule has 0 bridgehead atoms. The number of aromatic nitrogens is 4. The number of carbonyl (C=O) groups excluding carboxylic acids is 1. The lowest BCUT2D eigenvalue weighted by Crippen LogP contribution is -2.19. The molecule has 0 aliphatic heterocycles. The van der Waals surface area contributed by atoms with Gasteiger partial charge in [-0.05, 0) is 31.2 Å². The molecule has 0 saturated heterocycles. The molecular formula is C15H15N5O3. The predicted molar refractivity (Wildman–Crippen MR) is 81.9 cm³/mol. The lowest BCUT2D eigenvalue weighted by molar-refractivity contribution is -0.117. The van der Waals surface area contributed by atoms with E-state index in [9.17, 15) is 4.79 Å². The normalized spacial score (nSPS) is 10.5. The van der Waals surface area contributed by atoms with Gasteiger partial charge in [0, 0.05) is 11.6 Å². The maximum absolute atomic E-state index is 11.9. The van der Waals surface area contributed by atoms with Gasteiger partial charge in [-0.15, -0.1) is 5.10 Å². The highest BCUT2D eigenvalue weighted by Crippen LogP contribution is 2.19. The molecule has 8 heteroatoms. The van der Waals surface area contributed by atoms with Crippen molar-refractivity contribution in [3.63, 3.8) is 0 Å². The number of aryl methyl sites for hydroxylation is 1. The highest BCUT2D eigenvalue weighted by Gasteiger charge is 2.10. The summed E-state index contributed by atoms with van der Waals surface area (Å²) in [5.41, 5.74) is 1.57. The van der Waals surface area contributed by atoms with Crippen molar-refractivity contribution in [2.45, 2.75) is 13.5 Å². The van der Waals surface area contributed by atoms with E-state index in [2.05, 4.69) is 20.8 Å². The molecule has 0 atom stereocenters. The number of hydrogen-bond donors (Lipinski definition) is 1. The number of nitrogens with zero attached hydrogens (tertiary/aromatic N) is 4. The number of benzene rings is 1. The van der Waals surface area contributed by atoms with Crippen molar-refractivity contribution in [1.82, 2.24) is 20.2 Å². The average Bonchev–Trinajstić information content (AvgIpc) is 3.16. The van der Waals surface area contributed by atoms with Gasteiger partial charge in [0.05, 0.1) is 13.3 Å². The summed E-state index contributed by atoms with van der Waals surface area (Å²) in [7, 11) is 1.61.